The molecule has 0 spiro atoms. The van der Waals surface area contributed by atoms with Crippen LogP contribution < -0.4 is 28.4 Å². The highest BCUT2D eigenvalue weighted by Crippen LogP contribution is 2.59. The van der Waals surface area contributed by atoms with Crippen LogP contribution in [0.25, 0.3) is 22.1 Å². The van der Waals surface area contributed by atoms with Crippen LogP contribution in [-0.2, 0) is 77.4 Å². The zero-order chi connectivity index (χ0) is 86.2. The molecule has 0 unspecified atom stereocenters. The number of carbonyl (C=O) groups is 8. The van der Waals surface area contributed by atoms with Crippen molar-refractivity contribution in [3.05, 3.63) is 72.1 Å². The number of allylic oxidation sites excluding steroid dienone is 4. The van der Waals surface area contributed by atoms with Gasteiger partial charge in [-0.3, -0.25) is 47.8 Å². The third-order valence-corrected chi connectivity index (χ3v) is 27.8. The number of amides is 4. The van der Waals surface area contributed by atoms with Gasteiger partial charge in [0.2, 0.25) is 66.6 Å². The second-order valence-corrected chi connectivity index (χ2v) is 38.1. The molecule has 8 aliphatic rings. The molecule has 648 valence electrons. The molecule has 12 rings (SSSR count). The van der Waals surface area contributed by atoms with E-state index in [1.807, 2.05) is 38.2 Å². The number of aryl methyl sites for hydroxylation is 2. The van der Waals surface area contributed by atoms with Gasteiger partial charge in [-0.1, -0.05) is 38.2 Å². The van der Waals surface area contributed by atoms with E-state index in [4.69, 9.17) is 37.9 Å². The van der Waals surface area contributed by atoms with E-state index in [1.54, 1.807) is 50.2 Å². The standard InChI is InChI=1S/2C41H53F3N4O10S/c2*1-23-9-7-8-10-26-19-40(26,38(52)47-59(53,54)29-12-13-29)20-34(49)33-17-28(57-36-24(2)45-31-14-11-27(56-6)16-32(31)46-36)21-48(33)37(51)30(25(15-23)22-55-5)18-35(50)58-39(3,4)41(42,43)44/h2*8,10-11,14,16,23,25-26,28-30,33H,7,9,12-13,15,17-22H2,1-6H3,(H,47,52)/b2*10-8-/t23-,25+,26-,28-,30+,33+,40-;23-,25-,26+,28+,30-,33-,40+/m10/s1. The Morgan fingerprint density at radius 2 is 0.890 bits per heavy atom. The number of sulfonamides is 2. The Bertz CT molecular complexity index is 4480. The van der Waals surface area contributed by atoms with E-state index in [0.29, 0.717) is 109 Å². The maximum atomic E-state index is 15.0. The Kier molecular flexibility index (Phi) is 27.2. The minimum Gasteiger partial charge on any atom is -0.497 e. The highest BCUT2D eigenvalue weighted by Gasteiger charge is 2.64. The molecule has 2 aromatic heterocycles. The van der Waals surface area contributed by atoms with Gasteiger partial charge in [0.05, 0.1) is 107 Å². The zero-order valence-corrected chi connectivity index (χ0v) is 70.0. The van der Waals surface area contributed by atoms with Crippen molar-refractivity contribution in [2.45, 2.75) is 229 Å². The molecule has 2 aromatic carbocycles. The van der Waals surface area contributed by atoms with Crippen molar-refractivity contribution in [2.24, 2.45) is 58.2 Å². The van der Waals surface area contributed by atoms with Crippen molar-refractivity contribution in [1.82, 2.24) is 39.2 Å². The van der Waals surface area contributed by atoms with Crippen molar-refractivity contribution in [2.75, 3.05) is 54.7 Å². The number of rotatable bonds is 22. The molecule has 2 N–H and O–H groups in total. The molecular weight excluding hydrogens is 1600 g/mol. The number of Topliss-reactive ketones (excluding diaryl/α,β-unsaturated/α-hetero) is 2. The molecule has 118 heavy (non-hydrogen) atoms. The highest BCUT2D eigenvalue weighted by atomic mass is 32.2. The number of fused-ring (bicyclic) bond motifs is 6. The molecule has 6 fully saturated rings. The number of ketones is 2. The number of ether oxygens (including phenoxy) is 8. The molecule has 14 atom stereocenters. The van der Waals surface area contributed by atoms with Crippen LogP contribution in [0.3, 0.4) is 0 Å². The van der Waals surface area contributed by atoms with Gasteiger partial charge in [-0.25, -0.2) is 36.8 Å². The first-order chi connectivity index (χ1) is 55.3. The molecule has 4 amide bonds. The average molecular weight is 1700 g/mol. The maximum absolute atomic E-state index is 15.0. The van der Waals surface area contributed by atoms with Gasteiger partial charge in [-0.05, 0) is 178 Å². The number of hydrogen-bond acceptors (Lipinski definition) is 24. The Labute approximate surface area is 682 Å². The van der Waals surface area contributed by atoms with Crippen molar-refractivity contribution in [1.29, 1.82) is 0 Å². The summed E-state index contributed by atoms with van der Waals surface area (Å²) in [6.07, 6.45) is -1.20. The molecule has 36 heteroatoms. The van der Waals surface area contributed by atoms with Gasteiger partial charge >= 0.3 is 24.3 Å². The number of methoxy groups -OCH3 is 4. The molecular formula is C82H106F6N8O20S2. The summed E-state index contributed by atoms with van der Waals surface area (Å²) >= 11 is 0. The first kappa shape index (κ1) is 90.1. The summed E-state index contributed by atoms with van der Waals surface area (Å²) in [4.78, 5) is 135. The number of benzene rings is 2. The fraction of sp³-hybridized carbons (Fsp3) is 0.659. The summed E-state index contributed by atoms with van der Waals surface area (Å²) in [6.45, 7) is 9.79. The zero-order valence-electron chi connectivity index (χ0n) is 68.3. The number of nitrogens with zero attached hydrogens (tertiary/aromatic N) is 6. The van der Waals surface area contributed by atoms with Crippen LogP contribution in [0.15, 0.2) is 60.7 Å². The van der Waals surface area contributed by atoms with Gasteiger partial charge in [-0.15, -0.1) is 0 Å². The van der Waals surface area contributed by atoms with E-state index >= 15 is 9.59 Å². The van der Waals surface area contributed by atoms with E-state index in [-0.39, 0.29) is 75.6 Å². The summed E-state index contributed by atoms with van der Waals surface area (Å²) in [5.74, 6) is -10.0. The molecule has 4 aliphatic heterocycles. The van der Waals surface area contributed by atoms with Crippen LogP contribution in [0.1, 0.15) is 169 Å². The lowest BCUT2D eigenvalue weighted by Crippen LogP contribution is -2.49. The summed E-state index contributed by atoms with van der Waals surface area (Å²) < 4.78 is 184. The minimum atomic E-state index is -4.89. The second kappa shape index (κ2) is 35.6. The normalized spacial score (nSPS) is 28.8. The number of carbonyl (C=O) groups excluding carboxylic acids is 8. The largest absolute Gasteiger partial charge is 0.497 e. The number of alkyl halides is 6. The molecule has 2 saturated heterocycles. The SMILES string of the molecule is COC[C@@H]1C[C@@H](C)CC/C=C\[C@@H]2C[C@@]2(C(=O)NS(=O)(=O)C2CC2)CC(=O)[C@@H]2C[C@@H](Oc3nc4cc(OC)ccc4nc3C)CN2C(=O)[C@H]1CC(=O)OC(C)(C)C(F)(F)F.COC[C@@H]1C[C@H](C)CC/C=C\[C@@H]2C[C@@]2(C(=O)NS(=O)(=O)C2CC2)CC(=O)[C@@H]2C[C@@H](Oc3nc4cc(OC)ccc4nc3C)CN2C(=O)[C@H]1CC(=O)OC(C)(C)C(F)(F)F. The Morgan fingerprint density at radius 1 is 0.525 bits per heavy atom. The first-order valence-electron chi connectivity index (χ1n) is 40.0. The summed E-state index contributed by atoms with van der Waals surface area (Å²) in [7, 11) is -2.04. The van der Waals surface area contributed by atoms with Gasteiger partial charge in [-0.2, -0.15) is 26.3 Å². The van der Waals surface area contributed by atoms with Crippen LogP contribution in [0.5, 0.6) is 23.3 Å². The predicted octanol–water partition coefficient (Wildman–Crippen LogP) is 10.8. The number of aromatic nitrogens is 4. The van der Waals surface area contributed by atoms with E-state index in [2.05, 4.69) is 29.4 Å². The molecule has 28 nitrogen and oxygen atoms in total. The molecule has 4 saturated carbocycles. The Balaban J connectivity index is 0.000000231. The van der Waals surface area contributed by atoms with Crippen LogP contribution >= 0.6 is 0 Å². The van der Waals surface area contributed by atoms with Crippen LogP contribution in [0, 0.1) is 72.0 Å². The number of esters is 2. The number of hydrogen-bond donors (Lipinski definition) is 2. The molecule has 6 heterocycles. The molecule has 4 aromatic rings. The monoisotopic (exact) mass is 1700 g/mol. The van der Waals surface area contributed by atoms with Gasteiger partial charge < -0.3 is 47.7 Å². The fourth-order valence-corrected chi connectivity index (χ4v) is 19.3. The molecule has 4 aliphatic carbocycles. The quantitative estimate of drug-likeness (QED) is 0.0419. The van der Waals surface area contributed by atoms with Gasteiger partial charge in [0, 0.05) is 65.2 Å². The Morgan fingerprint density at radius 3 is 1.22 bits per heavy atom. The average Bonchev–Trinajstić information content (AvgIpc) is 1.57. The number of nitrogens with one attached hydrogen (secondary N) is 2. The smallest absolute Gasteiger partial charge is 0.427 e. The summed E-state index contributed by atoms with van der Waals surface area (Å²) in [5, 5.41) is -1.35. The summed E-state index contributed by atoms with van der Waals surface area (Å²) in [5.41, 5.74) is -5.56. The van der Waals surface area contributed by atoms with Gasteiger partial charge in [0.1, 0.15) is 35.1 Å². The van der Waals surface area contributed by atoms with E-state index < -0.39 is 198 Å². The van der Waals surface area contributed by atoms with Crippen molar-refractivity contribution >= 4 is 89.2 Å². The predicted molar refractivity (Wildman–Crippen MR) is 415 cm³/mol. The van der Waals surface area contributed by atoms with Crippen LogP contribution in [0.2, 0.25) is 0 Å². The van der Waals surface area contributed by atoms with E-state index in [9.17, 15) is 71.9 Å². The van der Waals surface area contributed by atoms with Crippen LogP contribution in [0.4, 0.5) is 26.3 Å². The molecule has 0 radical (unpaired) electrons. The lowest BCUT2D eigenvalue weighted by Gasteiger charge is -2.34. The van der Waals surface area contributed by atoms with Gasteiger partial charge in [0.25, 0.3) is 0 Å². The number of halogens is 6. The van der Waals surface area contributed by atoms with Crippen molar-refractivity contribution < 1.29 is 119 Å². The lowest BCUT2D eigenvalue weighted by atomic mass is 9.81. The topological polar surface area (TPSA) is 361 Å². The van der Waals surface area contributed by atoms with Crippen LogP contribution in [-0.4, -0.2) is 207 Å². The van der Waals surface area contributed by atoms with Crippen molar-refractivity contribution in [3.63, 3.8) is 0 Å². The van der Waals surface area contributed by atoms with E-state index in [0.717, 1.165) is 27.7 Å². The third kappa shape index (κ3) is 20.8. The van der Waals surface area contributed by atoms with Gasteiger partial charge in [0.15, 0.2) is 11.6 Å². The van der Waals surface area contributed by atoms with Crippen molar-refractivity contribution in [3.8, 4) is 23.3 Å². The minimum absolute atomic E-state index is 0.0188. The summed E-state index contributed by atoms with van der Waals surface area (Å²) in [6, 6.07) is 7.87. The Hall–Kier alpha value is -8.64. The third-order valence-electron chi connectivity index (χ3n) is 24.2. The lowest BCUT2D eigenvalue weighted by molar-refractivity contribution is -0.257. The molecule has 0 bridgehead atoms. The highest BCUT2D eigenvalue weighted by molar-refractivity contribution is 7.91. The fourth-order valence-electron chi connectivity index (χ4n) is 16.5. The first-order valence-corrected chi connectivity index (χ1v) is 43.1. The van der Waals surface area contributed by atoms with E-state index in [1.165, 1.54) is 38.2 Å². The second-order valence-electron chi connectivity index (χ2n) is 34.2. The maximum Gasteiger partial charge on any atom is 0.427 e.